The van der Waals surface area contributed by atoms with Crippen LogP contribution in [-0.4, -0.2) is 195 Å². The number of ether oxygens (including phenoxy) is 5. The van der Waals surface area contributed by atoms with E-state index in [0.29, 0.717) is 148 Å². The molecule has 3 aliphatic carbocycles. The number of amides is 2. The predicted octanol–water partition coefficient (Wildman–Crippen LogP) is 18.1. The Morgan fingerprint density at radius 1 is 0.424 bits per heavy atom. The van der Waals surface area contributed by atoms with E-state index < -0.39 is 77.0 Å². The van der Waals surface area contributed by atoms with Gasteiger partial charge in [0.25, 0.3) is 0 Å². The maximum Gasteiger partial charge on any atom is 0.410 e. The van der Waals surface area contributed by atoms with Crippen molar-refractivity contribution in [2.24, 2.45) is 0 Å². The van der Waals surface area contributed by atoms with Crippen LogP contribution >= 0.6 is 10.7 Å². The molecule has 6 aromatic carbocycles. The third-order valence-corrected chi connectivity index (χ3v) is 27.8. The average molecular weight is 1880 g/mol. The number of aromatic nitrogens is 9. The Morgan fingerprint density at radius 2 is 0.765 bits per heavy atom. The molecule has 2 amide bonds. The zero-order chi connectivity index (χ0) is 93.6. The van der Waals surface area contributed by atoms with Gasteiger partial charge in [0.1, 0.15) is 47.0 Å². The quantitative estimate of drug-likeness (QED) is 0.0245. The monoisotopic (exact) mass is 1880 g/mol. The van der Waals surface area contributed by atoms with Crippen molar-refractivity contribution in [3.8, 4) is 68.7 Å². The Labute approximate surface area is 768 Å². The molecular weight excluding hydrogens is 1780 g/mol. The van der Waals surface area contributed by atoms with E-state index in [2.05, 4.69) is 75.6 Å². The first-order valence-electron chi connectivity index (χ1n) is 43.5. The van der Waals surface area contributed by atoms with Crippen molar-refractivity contribution in [3.05, 3.63) is 199 Å². The molecule has 6 aromatic heterocycles. The summed E-state index contributed by atoms with van der Waals surface area (Å²) in [5.41, 5.74) is 12.6. The molecular formula is C94H104ClF3N18O13S3. The van der Waals surface area contributed by atoms with E-state index in [1.165, 1.54) is 9.80 Å². The summed E-state index contributed by atoms with van der Waals surface area (Å²) in [6.07, 6.45) is 10.3. The first-order chi connectivity index (χ1) is 62.9. The summed E-state index contributed by atoms with van der Waals surface area (Å²) in [5.74, 6) is 3.78. The van der Waals surface area contributed by atoms with Crippen LogP contribution in [0.3, 0.4) is 0 Å². The molecule has 6 atom stereocenters. The Morgan fingerprint density at radius 3 is 1.11 bits per heavy atom. The highest BCUT2D eigenvalue weighted by Gasteiger charge is 2.40. The minimum absolute atomic E-state index is 0.0103. The number of anilines is 6. The minimum Gasteiger partial charge on any atom is -0.444 e. The summed E-state index contributed by atoms with van der Waals surface area (Å²) in [4.78, 5) is 68.4. The van der Waals surface area contributed by atoms with Crippen LogP contribution in [-0.2, 0) is 38.6 Å². The Balaban J connectivity index is 0.000000146. The summed E-state index contributed by atoms with van der Waals surface area (Å²) >= 11 is 0. The van der Waals surface area contributed by atoms with Gasteiger partial charge in [0, 0.05) is 149 Å². The summed E-state index contributed by atoms with van der Waals surface area (Å²) in [7, 11) is -5.15. The lowest BCUT2D eigenvalue weighted by Crippen LogP contribution is -2.51. The summed E-state index contributed by atoms with van der Waals surface area (Å²) in [6.45, 7) is 17.8. The molecule has 12 aromatic rings. The molecule has 6 aliphatic rings. The van der Waals surface area contributed by atoms with Gasteiger partial charge in [0.15, 0.2) is 0 Å². The largest absolute Gasteiger partial charge is 0.444 e. The van der Waals surface area contributed by atoms with Gasteiger partial charge in [0.2, 0.25) is 64.6 Å². The van der Waals surface area contributed by atoms with E-state index in [9.17, 15) is 48.0 Å². The zero-order valence-corrected chi connectivity index (χ0v) is 77.4. The number of rotatable bonds is 22. The zero-order valence-electron chi connectivity index (χ0n) is 74.2. The van der Waals surface area contributed by atoms with Crippen LogP contribution in [0, 0.1) is 20.8 Å². The maximum absolute atomic E-state index is 14.7. The van der Waals surface area contributed by atoms with Gasteiger partial charge in [-0.2, -0.15) is 0 Å². The third-order valence-electron chi connectivity index (χ3n) is 22.0. The number of carbonyl (C=O) groups is 2. The van der Waals surface area contributed by atoms with Crippen LogP contribution < -0.4 is 50.7 Å². The second kappa shape index (κ2) is 39.8. The van der Waals surface area contributed by atoms with Crippen molar-refractivity contribution in [2.75, 3.05) is 70.4 Å². The molecule has 6 fully saturated rings. The number of nitrogens with zero attached hydrogens (tertiary/aromatic N) is 11. The van der Waals surface area contributed by atoms with E-state index in [0.717, 1.165) is 56.5 Å². The van der Waals surface area contributed by atoms with E-state index in [1.54, 1.807) is 127 Å². The average Bonchev–Trinajstić information content (AvgIpc) is 1.33. The fourth-order valence-electron chi connectivity index (χ4n) is 15.5. The number of aryl methyl sites for hydroxylation is 3. The highest BCUT2D eigenvalue weighted by Crippen LogP contribution is 2.46. The van der Waals surface area contributed by atoms with Gasteiger partial charge in [-0.05, 0) is 190 Å². The number of sulfonamides is 2. The van der Waals surface area contributed by atoms with Crippen molar-refractivity contribution in [2.45, 2.75) is 184 Å². The van der Waals surface area contributed by atoms with E-state index in [4.69, 9.17) is 40.1 Å². The highest BCUT2D eigenvalue weighted by molar-refractivity contribution is 8.14. The highest BCUT2D eigenvalue weighted by atomic mass is 35.7. The number of hydrogen-bond acceptors (Lipinski definition) is 27. The first kappa shape index (κ1) is 94.1. The number of hydrogen-bond donors (Lipinski definition) is 7. The number of nitrogen functional groups attached to an aromatic ring is 1. The van der Waals surface area contributed by atoms with Crippen molar-refractivity contribution in [1.29, 1.82) is 0 Å². The number of benzene rings is 6. The number of halogens is 4. The van der Waals surface area contributed by atoms with Crippen molar-refractivity contribution in [1.82, 2.24) is 60.0 Å². The van der Waals surface area contributed by atoms with Crippen LogP contribution in [0.4, 0.5) is 57.7 Å². The van der Waals surface area contributed by atoms with Gasteiger partial charge in [-0.3, -0.25) is 9.44 Å². The van der Waals surface area contributed by atoms with Crippen LogP contribution in [0.1, 0.15) is 116 Å². The van der Waals surface area contributed by atoms with Gasteiger partial charge in [-0.15, -0.1) is 0 Å². The molecule has 0 bridgehead atoms. The molecule has 3 saturated carbocycles. The fourth-order valence-corrected chi connectivity index (χ4v) is 19.5. The van der Waals surface area contributed by atoms with Crippen molar-refractivity contribution in [3.63, 3.8) is 0 Å². The number of nitrogens with one attached hydrogen (secondary N) is 6. The second-order valence-corrected chi connectivity index (χ2v) is 42.2. The molecule has 3 saturated heterocycles. The molecule has 31 nitrogen and oxygen atoms in total. The van der Waals surface area contributed by atoms with E-state index in [-0.39, 0.29) is 72.8 Å². The summed E-state index contributed by atoms with van der Waals surface area (Å²) in [6, 6.07) is 43.5. The van der Waals surface area contributed by atoms with E-state index >= 15 is 0 Å². The predicted molar refractivity (Wildman–Crippen MR) is 505 cm³/mol. The van der Waals surface area contributed by atoms with Gasteiger partial charge in [-0.1, -0.05) is 72.8 Å². The lowest BCUT2D eigenvalue weighted by molar-refractivity contribution is 0.0117. The number of pyridine rings is 3. The molecule has 132 heavy (non-hydrogen) atoms. The molecule has 8 N–H and O–H groups in total. The van der Waals surface area contributed by atoms with Gasteiger partial charge < -0.3 is 60.5 Å². The van der Waals surface area contributed by atoms with Crippen LogP contribution in [0.25, 0.3) is 66.1 Å². The molecule has 694 valence electrons. The fraction of sp³-hybridized carbons (Fsp3) is 0.372. The van der Waals surface area contributed by atoms with Crippen LogP contribution in [0.15, 0.2) is 183 Å². The second-order valence-electron chi connectivity index (χ2n) is 35.4. The summed E-state index contributed by atoms with van der Waals surface area (Å²) in [5, 5.41) is 16.5. The van der Waals surface area contributed by atoms with Gasteiger partial charge in [-0.25, -0.2) is 92.9 Å². The number of fused-ring (bicyclic) bond motifs is 3. The normalized spacial score (nSPS) is 18.8. The number of piperidine rings is 3. The van der Waals surface area contributed by atoms with Crippen molar-refractivity contribution < 1.29 is 71.7 Å². The van der Waals surface area contributed by atoms with Crippen molar-refractivity contribution >= 4 is 119 Å². The Hall–Kier alpha value is -12.6. The smallest absolute Gasteiger partial charge is 0.410 e. The molecule has 3 aliphatic heterocycles. The lowest BCUT2D eigenvalue weighted by atomic mass is 10.0. The lowest BCUT2D eigenvalue weighted by Gasteiger charge is -2.36. The Kier molecular flexibility index (Phi) is 28.4. The number of carbonyl (C=O) groups excluding carboxylic acids is 2. The third kappa shape index (κ3) is 24.2. The molecule has 38 heteroatoms. The van der Waals surface area contributed by atoms with Gasteiger partial charge in [0.05, 0.1) is 74.0 Å². The number of likely N-dealkylation sites (tertiary alicyclic amines) is 2. The SMILES string of the molecule is Cc1cc(N)c2ccccc2c1Oc1ncccc1-c1ccnc(N[C@H]2C[C@H](F)CN(C(=O)OC(C)(C)C)C2)n1.Cc1cc(NS(=O)(=O)C2CC2)c2ccccc2c1Oc1ncccc1-c1ccnc(N[C@@H]2CNC[C@@H](F)C2)n1.Cc1cc(NS(=O)(=O)C2CC2)c2ccccc2c1Oc1ncccc1-c1ccnc(N[C@H]2C[C@H](F)CN(C(=O)OC(C)(C)C)C2)n1.O=S(=O)(Cl)C1CC1. The number of alkyl halides is 3. The molecule has 9 heterocycles. The molecule has 18 rings (SSSR count). The minimum atomic E-state index is -3.47. The molecule has 0 unspecified atom stereocenters. The number of nitrogens with two attached hydrogens (primary N) is 1. The standard InChI is InChI=1S/C33H37FN6O5S.C30H33FN6O3.C28H29FN6O3S.C3H5ClO2S/c1-20-16-28(39-46(42,43)23-11-12-23)24-8-5-6-9-25(24)29(20)44-30-26(10-7-14-35-30)27-13-15-36-31(38-27)37-22-17-21(34)18-40(19-22)32(41)45-33(2,3)4;1-18-14-24(32)21-8-5-6-9-22(21)26(18)39-27-23(10-7-12-33-27)25-11-13-34-28(36-25)35-20-15-19(31)16-37(17-20)29(38)40-30(2,3)4;1-17-13-25(35-39(36,37)20-8-9-20)21-5-2-3-6-22(21)26(17)38-27-23(7-4-11-31-27)24-10-12-32-28(34-24)33-19-14-18(29)15-30-16-19;4-7(5,6)3-1-2-3/h5-10,13-16,21-23,39H,11-12,17-19H2,1-4H3,(H,36,37,38);5-14,19-20H,15-17,32H2,1-4H3,(H,34,35,36);2-7,10-13,18-20,30,35H,8-9,14-16H2,1H3,(H,32,33,34);3H,1-2H2/t21-,22-;19-,20-;18-,19-;/m000./s1. The molecule has 0 spiro atoms. The van der Waals surface area contributed by atoms with Gasteiger partial charge >= 0.3 is 12.2 Å². The Bertz CT molecular complexity index is 6620. The first-order valence-corrected chi connectivity index (χ1v) is 48.9. The molecule has 0 radical (unpaired) electrons. The van der Waals surface area contributed by atoms with Crippen LogP contribution in [0.5, 0.6) is 34.9 Å². The summed E-state index contributed by atoms with van der Waals surface area (Å²) < 4.78 is 150. The topological polar surface area (TPSA) is 403 Å². The maximum atomic E-state index is 14.7. The van der Waals surface area contributed by atoms with E-state index in [1.807, 2.05) is 118 Å². The van der Waals surface area contributed by atoms with Crippen LogP contribution in [0.2, 0.25) is 0 Å².